The fraction of sp³-hybridized carbons (Fsp3) is 0.778. The average molecular weight is 352 g/mol. The summed E-state index contributed by atoms with van der Waals surface area (Å²) >= 11 is 1.79. The number of rotatable bonds is 7. The lowest BCUT2D eigenvalue weighted by molar-refractivity contribution is 0.179. The summed E-state index contributed by atoms with van der Waals surface area (Å²) in [6, 6.07) is 0.413. The Morgan fingerprint density at radius 1 is 1.38 bits per heavy atom. The van der Waals surface area contributed by atoms with Crippen molar-refractivity contribution >= 4 is 17.3 Å². The molecule has 2 N–H and O–H groups in total. The van der Waals surface area contributed by atoms with E-state index in [9.17, 15) is 0 Å². The zero-order chi connectivity index (χ0) is 17.4. The molecule has 1 aromatic heterocycles. The summed E-state index contributed by atoms with van der Waals surface area (Å²) in [5, 5.41) is 10.2. The Bertz CT molecular complexity index is 503. The van der Waals surface area contributed by atoms with Crippen LogP contribution < -0.4 is 10.6 Å². The van der Waals surface area contributed by atoms with E-state index in [4.69, 9.17) is 4.99 Å². The fourth-order valence-corrected chi connectivity index (χ4v) is 3.69. The van der Waals surface area contributed by atoms with Gasteiger partial charge in [-0.1, -0.05) is 6.92 Å². The highest BCUT2D eigenvalue weighted by Crippen LogP contribution is 2.20. The summed E-state index contributed by atoms with van der Waals surface area (Å²) in [5.41, 5.74) is 1.24. The van der Waals surface area contributed by atoms with Gasteiger partial charge in [0.1, 0.15) is 0 Å². The molecule has 0 radical (unpaired) electrons. The fourth-order valence-electron chi connectivity index (χ4n) is 2.95. The molecule has 0 atom stereocenters. The van der Waals surface area contributed by atoms with Crippen LogP contribution >= 0.6 is 11.3 Å². The number of nitrogens with one attached hydrogen (secondary N) is 2. The minimum atomic E-state index is 0.413. The number of likely N-dealkylation sites (tertiary alicyclic amines) is 1. The number of thiazole rings is 1. The molecule has 1 aliphatic heterocycles. The first-order valence-corrected chi connectivity index (χ1v) is 10.2. The Kier molecular flexibility index (Phi) is 7.99. The molecule has 1 aliphatic rings. The quantitative estimate of drug-likeness (QED) is 0.586. The molecule has 0 unspecified atom stereocenters. The first-order chi connectivity index (χ1) is 11.6. The van der Waals surface area contributed by atoms with Gasteiger partial charge in [0.25, 0.3) is 0 Å². The number of hydrogen-bond acceptors (Lipinski definition) is 4. The van der Waals surface area contributed by atoms with Gasteiger partial charge in [0, 0.05) is 31.1 Å². The van der Waals surface area contributed by atoms with E-state index in [-0.39, 0.29) is 0 Å². The van der Waals surface area contributed by atoms with Crippen LogP contribution in [0.25, 0.3) is 0 Å². The number of piperidine rings is 1. The molecule has 0 saturated carbocycles. The van der Waals surface area contributed by atoms with Crippen LogP contribution in [0.15, 0.2) is 10.4 Å². The Balaban J connectivity index is 1.75. The van der Waals surface area contributed by atoms with Gasteiger partial charge in [-0.3, -0.25) is 9.89 Å². The summed E-state index contributed by atoms with van der Waals surface area (Å²) in [6.45, 7) is 13.7. The van der Waals surface area contributed by atoms with Crippen molar-refractivity contribution in [2.45, 2.75) is 59.5 Å². The van der Waals surface area contributed by atoms with Gasteiger partial charge < -0.3 is 10.6 Å². The predicted molar refractivity (Wildman–Crippen MR) is 104 cm³/mol. The van der Waals surface area contributed by atoms with Gasteiger partial charge in [0.15, 0.2) is 5.96 Å². The molecule has 136 valence electrons. The molecule has 0 aromatic carbocycles. The van der Waals surface area contributed by atoms with Gasteiger partial charge in [-0.25, -0.2) is 4.98 Å². The number of aliphatic imine (C=N–C) groups is 1. The Morgan fingerprint density at radius 3 is 2.71 bits per heavy atom. The van der Waals surface area contributed by atoms with Crippen molar-refractivity contribution in [1.82, 2.24) is 20.5 Å². The van der Waals surface area contributed by atoms with Crippen LogP contribution in [0.3, 0.4) is 0 Å². The molecule has 24 heavy (non-hydrogen) atoms. The van der Waals surface area contributed by atoms with Crippen LogP contribution in [0.1, 0.15) is 51.2 Å². The van der Waals surface area contributed by atoms with E-state index in [1.54, 1.807) is 11.3 Å². The van der Waals surface area contributed by atoms with E-state index in [1.165, 1.54) is 23.5 Å². The highest BCUT2D eigenvalue weighted by atomic mass is 32.1. The van der Waals surface area contributed by atoms with E-state index < -0.39 is 0 Å². The van der Waals surface area contributed by atoms with E-state index >= 15 is 0 Å². The van der Waals surface area contributed by atoms with Crippen molar-refractivity contribution in [3.05, 3.63) is 16.1 Å². The monoisotopic (exact) mass is 351 g/mol. The third-order valence-electron chi connectivity index (χ3n) is 4.27. The van der Waals surface area contributed by atoms with Crippen LogP contribution in [0.4, 0.5) is 0 Å². The second-order valence-corrected chi connectivity index (χ2v) is 7.77. The van der Waals surface area contributed by atoms with E-state index in [1.807, 2.05) is 0 Å². The van der Waals surface area contributed by atoms with Crippen LogP contribution in [0.5, 0.6) is 0 Å². The Morgan fingerprint density at radius 2 is 2.12 bits per heavy atom. The lowest BCUT2D eigenvalue weighted by Gasteiger charge is -2.30. The van der Waals surface area contributed by atoms with Gasteiger partial charge in [-0.15, -0.1) is 11.3 Å². The summed E-state index contributed by atoms with van der Waals surface area (Å²) in [6.07, 6.45) is 3.51. The molecule has 1 fully saturated rings. The lowest BCUT2D eigenvalue weighted by Crippen LogP contribution is -2.41. The van der Waals surface area contributed by atoms with Crippen molar-refractivity contribution in [3.8, 4) is 0 Å². The zero-order valence-electron chi connectivity index (χ0n) is 15.6. The first-order valence-electron chi connectivity index (χ1n) is 9.31. The Hall–Kier alpha value is -1.14. The molecule has 6 heteroatoms. The van der Waals surface area contributed by atoms with Gasteiger partial charge in [0.2, 0.25) is 0 Å². The van der Waals surface area contributed by atoms with Crippen molar-refractivity contribution in [3.63, 3.8) is 0 Å². The molecule has 0 spiro atoms. The van der Waals surface area contributed by atoms with Crippen LogP contribution in [-0.4, -0.2) is 48.1 Å². The number of guanidine groups is 1. The van der Waals surface area contributed by atoms with Crippen molar-refractivity contribution < 1.29 is 0 Å². The summed E-state index contributed by atoms with van der Waals surface area (Å²) < 4.78 is 0. The molecule has 2 heterocycles. The SMILES string of the molecule is CCNC(=NCC1CCN(Cc2csc(CC)n2)CC1)NC(C)C. The summed E-state index contributed by atoms with van der Waals surface area (Å²) in [7, 11) is 0. The standard InChI is InChI=1S/C18H33N5S/c1-5-17-22-16(13-24-17)12-23-9-7-15(8-10-23)11-20-18(19-6-2)21-14(3)4/h13-15H,5-12H2,1-4H3,(H2,19,20,21). The molecule has 0 aliphatic carbocycles. The lowest BCUT2D eigenvalue weighted by atomic mass is 9.97. The molecule has 5 nitrogen and oxygen atoms in total. The van der Waals surface area contributed by atoms with Gasteiger partial charge in [0.05, 0.1) is 10.7 Å². The molecular formula is C18H33N5S. The zero-order valence-corrected chi connectivity index (χ0v) is 16.5. The van der Waals surface area contributed by atoms with E-state index in [0.717, 1.165) is 45.1 Å². The molecule has 0 amide bonds. The van der Waals surface area contributed by atoms with E-state index in [0.29, 0.717) is 12.0 Å². The number of aryl methyl sites for hydroxylation is 1. The maximum atomic E-state index is 4.77. The predicted octanol–water partition coefficient (Wildman–Crippen LogP) is 2.88. The highest BCUT2D eigenvalue weighted by molar-refractivity contribution is 7.09. The third kappa shape index (κ3) is 6.40. The second-order valence-electron chi connectivity index (χ2n) is 6.82. The van der Waals surface area contributed by atoms with Crippen LogP contribution in [0, 0.1) is 5.92 Å². The molecule has 2 rings (SSSR count). The van der Waals surface area contributed by atoms with Crippen molar-refractivity contribution in [1.29, 1.82) is 0 Å². The second kappa shape index (κ2) is 9.99. The average Bonchev–Trinajstić information content (AvgIpc) is 3.01. The minimum absolute atomic E-state index is 0.413. The number of aromatic nitrogens is 1. The summed E-state index contributed by atoms with van der Waals surface area (Å²) in [4.78, 5) is 12.0. The topological polar surface area (TPSA) is 52.6 Å². The highest BCUT2D eigenvalue weighted by Gasteiger charge is 2.20. The van der Waals surface area contributed by atoms with Crippen LogP contribution in [0.2, 0.25) is 0 Å². The largest absolute Gasteiger partial charge is 0.357 e. The maximum Gasteiger partial charge on any atom is 0.191 e. The van der Waals surface area contributed by atoms with Crippen molar-refractivity contribution in [2.24, 2.45) is 10.9 Å². The molecule has 1 aromatic rings. The minimum Gasteiger partial charge on any atom is -0.357 e. The third-order valence-corrected chi connectivity index (χ3v) is 5.31. The molecule has 0 bridgehead atoms. The normalized spacial score (nSPS) is 17.5. The van der Waals surface area contributed by atoms with E-state index in [2.05, 4.69) is 53.6 Å². The Labute approximate surface area is 151 Å². The van der Waals surface area contributed by atoms with Crippen molar-refractivity contribution in [2.75, 3.05) is 26.2 Å². The maximum absolute atomic E-state index is 4.77. The first kappa shape index (κ1) is 19.2. The number of nitrogens with zero attached hydrogens (tertiary/aromatic N) is 3. The van der Waals surface area contributed by atoms with Gasteiger partial charge in [-0.05, 0) is 59.0 Å². The molecular weight excluding hydrogens is 318 g/mol. The van der Waals surface area contributed by atoms with Gasteiger partial charge >= 0.3 is 0 Å². The molecule has 1 saturated heterocycles. The van der Waals surface area contributed by atoms with Gasteiger partial charge in [-0.2, -0.15) is 0 Å². The smallest absolute Gasteiger partial charge is 0.191 e. The van der Waals surface area contributed by atoms with Crippen LogP contribution in [-0.2, 0) is 13.0 Å². The number of hydrogen-bond donors (Lipinski definition) is 2. The summed E-state index contributed by atoms with van der Waals surface area (Å²) in [5.74, 6) is 1.65.